The molecule has 1 amide bonds. The smallest absolute Gasteiger partial charge is 0.475 e. The number of pyridine rings is 1. The molecule has 2 fully saturated rings. The van der Waals surface area contributed by atoms with Crippen LogP contribution in [0.15, 0.2) is 43.0 Å². The maximum Gasteiger partial charge on any atom is 0.490 e. The van der Waals surface area contributed by atoms with Gasteiger partial charge in [0.2, 0.25) is 11.9 Å². The van der Waals surface area contributed by atoms with Crippen LogP contribution in [0, 0.1) is 11.8 Å². The quantitative estimate of drug-likeness (QED) is 0.459. The maximum atomic E-state index is 12.8. The molecule has 2 aromatic heterocycles. The summed E-state index contributed by atoms with van der Waals surface area (Å²) in [5.74, 6) is -4.57. The molecule has 0 bridgehead atoms. The van der Waals surface area contributed by atoms with Crippen LogP contribution in [-0.2, 0) is 25.7 Å². The first kappa shape index (κ1) is 32.2. The van der Waals surface area contributed by atoms with Crippen molar-refractivity contribution in [3.63, 3.8) is 0 Å². The Morgan fingerprint density at radius 3 is 2.10 bits per heavy atom. The van der Waals surface area contributed by atoms with Crippen LogP contribution in [0.1, 0.15) is 18.4 Å². The number of nitrogens with one attached hydrogen (secondary N) is 1. The van der Waals surface area contributed by atoms with Crippen molar-refractivity contribution in [3.8, 4) is 0 Å². The molecule has 0 spiro atoms. The Bertz CT molecular complexity index is 1080. The molecule has 3 N–H and O–H groups in total. The Labute approximate surface area is 223 Å². The lowest BCUT2D eigenvalue weighted by atomic mass is 9.79. The van der Waals surface area contributed by atoms with Crippen molar-refractivity contribution < 1.29 is 55.7 Å². The van der Waals surface area contributed by atoms with Gasteiger partial charge in [-0.2, -0.15) is 26.3 Å². The average Bonchev–Trinajstić information content (AvgIpc) is 2.92. The number of aromatic nitrogens is 3. The fraction of sp³-hybridized carbons (Fsp3) is 0.478. The monoisotopic (exact) mass is 581 g/mol. The number of fused-ring (bicyclic) bond motifs is 1. The van der Waals surface area contributed by atoms with E-state index in [9.17, 15) is 31.1 Å². The van der Waals surface area contributed by atoms with Crippen LogP contribution in [0.25, 0.3) is 0 Å². The first-order valence-electron chi connectivity index (χ1n) is 11.6. The van der Waals surface area contributed by atoms with Crippen molar-refractivity contribution in [2.45, 2.75) is 37.8 Å². The van der Waals surface area contributed by atoms with Gasteiger partial charge in [-0.1, -0.05) is 6.07 Å². The molecule has 2 aromatic rings. The molecule has 2 saturated heterocycles. The third-order valence-electron chi connectivity index (χ3n) is 5.72. The van der Waals surface area contributed by atoms with Crippen molar-refractivity contribution in [2.75, 3.05) is 24.6 Å². The minimum absolute atomic E-state index is 0.0445. The van der Waals surface area contributed by atoms with E-state index in [2.05, 4.69) is 25.2 Å². The molecule has 0 saturated carbocycles. The van der Waals surface area contributed by atoms with Crippen molar-refractivity contribution >= 4 is 23.8 Å². The Morgan fingerprint density at radius 2 is 1.57 bits per heavy atom. The number of carboxylic acid groups (broad SMARTS) is 2. The number of anilines is 1. The third kappa shape index (κ3) is 10.3. The van der Waals surface area contributed by atoms with Gasteiger partial charge in [0.1, 0.15) is 0 Å². The van der Waals surface area contributed by atoms with E-state index < -0.39 is 24.3 Å². The molecule has 0 aliphatic carbocycles. The number of nitrogens with zero attached hydrogens (tertiary/aromatic N) is 4. The van der Waals surface area contributed by atoms with Crippen molar-refractivity contribution in [3.05, 3.63) is 48.5 Å². The highest BCUT2D eigenvalue weighted by molar-refractivity contribution is 5.79. The predicted molar refractivity (Wildman–Crippen MR) is 124 cm³/mol. The van der Waals surface area contributed by atoms with Crippen LogP contribution in [0.3, 0.4) is 0 Å². The van der Waals surface area contributed by atoms with Gasteiger partial charge in [0.15, 0.2) is 0 Å². The van der Waals surface area contributed by atoms with Gasteiger partial charge >= 0.3 is 24.3 Å². The summed E-state index contributed by atoms with van der Waals surface area (Å²) in [5.41, 5.74) is 1.01. The van der Waals surface area contributed by atoms with Gasteiger partial charge in [0, 0.05) is 62.9 Å². The highest BCUT2D eigenvalue weighted by Crippen LogP contribution is 2.34. The zero-order valence-corrected chi connectivity index (χ0v) is 20.6. The number of hydrogen-bond donors (Lipinski definition) is 3. The number of ether oxygens (including phenoxy) is 1. The summed E-state index contributed by atoms with van der Waals surface area (Å²) in [6.45, 7) is 2.76. The van der Waals surface area contributed by atoms with Gasteiger partial charge in [-0.05, 0) is 30.5 Å². The third-order valence-corrected chi connectivity index (χ3v) is 5.72. The fourth-order valence-corrected chi connectivity index (χ4v) is 3.90. The van der Waals surface area contributed by atoms with E-state index in [0.717, 1.165) is 37.4 Å². The second-order valence-corrected chi connectivity index (χ2v) is 8.44. The molecule has 2 aliphatic heterocycles. The average molecular weight is 581 g/mol. The number of halogens is 6. The van der Waals surface area contributed by atoms with Gasteiger partial charge in [0.05, 0.1) is 6.10 Å². The minimum Gasteiger partial charge on any atom is -0.475 e. The van der Waals surface area contributed by atoms with Crippen LogP contribution in [0.4, 0.5) is 32.3 Å². The summed E-state index contributed by atoms with van der Waals surface area (Å²) in [6, 6.07) is 5.66. The van der Waals surface area contributed by atoms with E-state index in [1.165, 1.54) is 0 Å². The Morgan fingerprint density at radius 1 is 0.975 bits per heavy atom. The van der Waals surface area contributed by atoms with Crippen LogP contribution >= 0.6 is 0 Å². The first-order valence-corrected chi connectivity index (χ1v) is 11.6. The lowest BCUT2D eigenvalue weighted by Crippen LogP contribution is -2.53. The summed E-state index contributed by atoms with van der Waals surface area (Å²) in [6.07, 6.45) is -1.36. The van der Waals surface area contributed by atoms with Crippen LogP contribution in [-0.4, -0.2) is 81.2 Å². The largest absolute Gasteiger partial charge is 0.490 e. The van der Waals surface area contributed by atoms with E-state index in [4.69, 9.17) is 24.5 Å². The number of hydrogen-bond acceptors (Lipinski definition) is 8. The molecule has 11 nitrogen and oxygen atoms in total. The number of rotatable bonds is 4. The molecule has 4 rings (SSSR count). The SMILES string of the molecule is O=C(NCc1cccnc1)[C@@H]1CCO[C@@H]2CCN(c3ncccn3)C[C@H]21.O=C(O)C(F)(F)F.O=C(O)C(F)(F)F. The van der Waals surface area contributed by atoms with Gasteiger partial charge in [0.25, 0.3) is 0 Å². The maximum absolute atomic E-state index is 12.8. The zero-order chi connectivity index (χ0) is 29.9. The second kappa shape index (κ2) is 14.4. The molecule has 220 valence electrons. The summed E-state index contributed by atoms with van der Waals surface area (Å²) >= 11 is 0. The Hall–Kier alpha value is -4.02. The summed E-state index contributed by atoms with van der Waals surface area (Å²) in [4.78, 5) is 45.6. The van der Waals surface area contributed by atoms with Crippen LogP contribution < -0.4 is 10.2 Å². The van der Waals surface area contributed by atoms with Crippen molar-refractivity contribution in [1.82, 2.24) is 20.3 Å². The number of aliphatic carboxylic acids is 2. The van der Waals surface area contributed by atoms with Gasteiger partial charge in [-0.15, -0.1) is 0 Å². The van der Waals surface area contributed by atoms with E-state index in [1.807, 2.05) is 18.2 Å². The van der Waals surface area contributed by atoms with Crippen molar-refractivity contribution in [2.24, 2.45) is 11.8 Å². The lowest BCUT2D eigenvalue weighted by molar-refractivity contribution is -0.193. The molecule has 2 aliphatic rings. The highest BCUT2D eigenvalue weighted by atomic mass is 19.4. The molecule has 17 heteroatoms. The zero-order valence-electron chi connectivity index (χ0n) is 20.6. The molecular formula is C23H25F6N5O6. The fourth-order valence-electron chi connectivity index (χ4n) is 3.90. The van der Waals surface area contributed by atoms with Gasteiger partial charge < -0.3 is 25.2 Å². The molecule has 0 aromatic carbocycles. The van der Waals surface area contributed by atoms with Crippen LogP contribution in [0.5, 0.6) is 0 Å². The number of alkyl halides is 6. The number of carbonyl (C=O) groups is 3. The standard InChI is InChI=1S/C19H23N5O2.2C2HF3O2/c25-18(23-12-14-3-1-6-20-11-14)15-5-10-26-17-4-9-24(13-16(15)17)19-21-7-2-8-22-19;2*3-2(4,5)1(6)7/h1-3,6-8,11,15-17H,4-5,9-10,12-13H2,(H,23,25);2*(H,6,7)/t15-,16+,17-;;/m1../s1. The Kier molecular flexibility index (Phi) is 11.6. The minimum atomic E-state index is -5.08. The first-order chi connectivity index (χ1) is 18.7. The number of piperidine rings is 1. The summed E-state index contributed by atoms with van der Waals surface area (Å²) in [7, 11) is 0. The van der Waals surface area contributed by atoms with Gasteiger partial charge in [-0.3, -0.25) is 9.78 Å². The van der Waals surface area contributed by atoms with Gasteiger partial charge in [-0.25, -0.2) is 19.6 Å². The summed E-state index contributed by atoms with van der Waals surface area (Å²) in [5, 5.41) is 17.3. The topological polar surface area (TPSA) is 155 Å². The predicted octanol–water partition coefficient (Wildman–Crippen LogP) is 2.69. The molecule has 0 radical (unpaired) electrons. The van der Waals surface area contributed by atoms with Crippen molar-refractivity contribution in [1.29, 1.82) is 0 Å². The van der Waals surface area contributed by atoms with E-state index >= 15 is 0 Å². The Balaban J connectivity index is 0.000000333. The molecular weight excluding hydrogens is 556 g/mol. The molecule has 40 heavy (non-hydrogen) atoms. The summed E-state index contributed by atoms with van der Waals surface area (Å²) < 4.78 is 69.4. The lowest BCUT2D eigenvalue weighted by Gasteiger charge is -2.44. The molecule has 3 atom stereocenters. The van der Waals surface area contributed by atoms with E-state index in [1.54, 1.807) is 24.8 Å². The van der Waals surface area contributed by atoms with E-state index in [-0.39, 0.29) is 23.8 Å². The number of carboxylic acids is 2. The van der Waals surface area contributed by atoms with E-state index in [0.29, 0.717) is 13.2 Å². The number of amides is 1. The normalized spacial score (nSPS) is 20.4. The number of carbonyl (C=O) groups excluding carboxylic acids is 1. The molecule has 4 heterocycles. The second-order valence-electron chi connectivity index (χ2n) is 8.44. The highest BCUT2D eigenvalue weighted by Gasteiger charge is 2.42. The van der Waals surface area contributed by atoms with Crippen LogP contribution in [0.2, 0.25) is 0 Å². The molecule has 0 unspecified atom stereocenters.